The van der Waals surface area contributed by atoms with Crippen LogP contribution >= 0.6 is 0 Å². The number of hydrogen-bond acceptors (Lipinski definition) is 5. The Morgan fingerprint density at radius 3 is 2.71 bits per heavy atom. The number of aromatic hydroxyl groups is 1. The molecule has 0 fully saturated rings. The highest BCUT2D eigenvalue weighted by Crippen LogP contribution is 2.25. The lowest BCUT2D eigenvalue weighted by molar-refractivity contribution is 0.406. The summed E-state index contributed by atoms with van der Waals surface area (Å²) in [4.78, 5) is 12.3. The molecule has 3 rings (SSSR count). The van der Waals surface area contributed by atoms with Gasteiger partial charge in [-0.15, -0.1) is 0 Å². The minimum absolute atomic E-state index is 0.0344. The van der Waals surface area contributed by atoms with E-state index in [0.717, 1.165) is 0 Å². The quantitative estimate of drug-likeness (QED) is 0.799. The molecule has 5 nitrogen and oxygen atoms in total. The summed E-state index contributed by atoms with van der Waals surface area (Å²) in [5.74, 6) is 1.20. The highest BCUT2D eigenvalue weighted by atomic mass is 16.5. The van der Waals surface area contributed by atoms with E-state index in [2.05, 4.69) is 0 Å². The van der Waals surface area contributed by atoms with Crippen LogP contribution in [0.25, 0.3) is 11.0 Å². The molecule has 0 aliphatic carbocycles. The lowest BCUT2D eigenvalue weighted by Gasteiger charge is -2.07. The van der Waals surface area contributed by atoms with E-state index in [1.165, 1.54) is 24.5 Å². The van der Waals surface area contributed by atoms with Gasteiger partial charge in [-0.25, -0.2) is 0 Å². The van der Waals surface area contributed by atoms with Gasteiger partial charge < -0.3 is 19.0 Å². The van der Waals surface area contributed by atoms with Crippen LogP contribution in [-0.4, -0.2) is 12.2 Å². The van der Waals surface area contributed by atoms with Crippen LogP contribution in [0.4, 0.5) is 0 Å². The van der Waals surface area contributed by atoms with Crippen LogP contribution in [0.5, 0.6) is 23.0 Å². The van der Waals surface area contributed by atoms with E-state index in [-0.39, 0.29) is 16.9 Å². The smallest absolute Gasteiger partial charge is 0.235 e. The third-order valence-electron chi connectivity index (χ3n) is 3.00. The molecule has 0 spiro atoms. The van der Waals surface area contributed by atoms with Crippen molar-refractivity contribution in [3.8, 4) is 23.0 Å². The fourth-order valence-corrected chi connectivity index (χ4v) is 1.96. The number of rotatable bonds is 3. The number of phenols is 1. The van der Waals surface area contributed by atoms with Crippen molar-refractivity contribution in [2.45, 2.75) is 0 Å². The van der Waals surface area contributed by atoms with Crippen LogP contribution in [0.3, 0.4) is 0 Å². The van der Waals surface area contributed by atoms with E-state index in [1.54, 1.807) is 31.4 Å². The minimum atomic E-state index is -0.306. The lowest BCUT2D eigenvalue weighted by atomic mass is 10.2. The predicted molar refractivity (Wildman–Crippen MR) is 77.2 cm³/mol. The largest absolute Gasteiger partial charge is 0.508 e. The maximum atomic E-state index is 12.3. The van der Waals surface area contributed by atoms with Crippen molar-refractivity contribution >= 4 is 11.0 Å². The fourth-order valence-electron chi connectivity index (χ4n) is 1.96. The molecule has 0 bridgehead atoms. The molecule has 0 saturated carbocycles. The average Bonchev–Trinajstić information content (AvgIpc) is 2.50. The van der Waals surface area contributed by atoms with E-state index >= 15 is 0 Å². The molecule has 0 unspecified atom stereocenters. The molecular formula is C16H12O5. The van der Waals surface area contributed by atoms with E-state index in [1.807, 2.05) is 0 Å². The first kappa shape index (κ1) is 13.1. The van der Waals surface area contributed by atoms with Crippen molar-refractivity contribution in [1.82, 2.24) is 0 Å². The number of hydrogen-bond donors (Lipinski definition) is 1. The van der Waals surface area contributed by atoms with Crippen LogP contribution in [0, 0.1) is 0 Å². The summed E-state index contributed by atoms with van der Waals surface area (Å²) in [7, 11) is 1.55. The van der Waals surface area contributed by atoms with Gasteiger partial charge in [0.1, 0.15) is 29.1 Å². The number of benzene rings is 2. The van der Waals surface area contributed by atoms with E-state index in [0.29, 0.717) is 22.5 Å². The zero-order chi connectivity index (χ0) is 14.8. The molecule has 1 heterocycles. The van der Waals surface area contributed by atoms with Crippen LogP contribution in [0.1, 0.15) is 0 Å². The molecule has 0 atom stereocenters. The summed E-state index contributed by atoms with van der Waals surface area (Å²) in [6.45, 7) is 0. The Bertz CT molecular complexity index is 851. The molecular weight excluding hydrogens is 272 g/mol. The summed E-state index contributed by atoms with van der Waals surface area (Å²) >= 11 is 0. The third kappa shape index (κ3) is 2.53. The number of phenolic OH excluding ortho intramolecular Hbond substituents is 1. The molecule has 2 aromatic carbocycles. The number of ether oxygens (including phenoxy) is 2. The van der Waals surface area contributed by atoms with E-state index in [9.17, 15) is 9.90 Å². The highest BCUT2D eigenvalue weighted by Gasteiger charge is 2.10. The van der Waals surface area contributed by atoms with Crippen molar-refractivity contribution in [3.05, 3.63) is 59.0 Å². The zero-order valence-corrected chi connectivity index (χ0v) is 11.2. The maximum absolute atomic E-state index is 12.3. The molecule has 0 aliphatic heterocycles. The van der Waals surface area contributed by atoms with Crippen molar-refractivity contribution in [2.24, 2.45) is 0 Å². The van der Waals surface area contributed by atoms with E-state index in [4.69, 9.17) is 13.9 Å². The molecule has 5 heteroatoms. The Morgan fingerprint density at radius 2 is 1.90 bits per heavy atom. The molecule has 0 radical (unpaired) electrons. The Kier molecular flexibility index (Phi) is 3.23. The van der Waals surface area contributed by atoms with Crippen molar-refractivity contribution in [2.75, 3.05) is 7.11 Å². The van der Waals surface area contributed by atoms with Crippen LogP contribution < -0.4 is 14.9 Å². The fraction of sp³-hybridized carbons (Fsp3) is 0.0625. The minimum Gasteiger partial charge on any atom is -0.508 e. The van der Waals surface area contributed by atoms with E-state index < -0.39 is 0 Å². The predicted octanol–water partition coefficient (Wildman–Crippen LogP) is 3.30. The molecule has 0 saturated heterocycles. The van der Waals surface area contributed by atoms with Gasteiger partial charge in [0.05, 0.1) is 12.5 Å². The van der Waals surface area contributed by atoms with Gasteiger partial charge in [-0.1, -0.05) is 6.07 Å². The molecule has 106 valence electrons. The van der Waals surface area contributed by atoms with Gasteiger partial charge in [0.15, 0.2) is 0 Å². The Morgan fingerprint density at radius 1 is 1.10 bits per heavy atom. The number of fused-ring (bicyclic) bond motifs is 1. The molecule has 1 aromatic heterocycles. The Hall–Kier alpha value is -2.95. The SMILES string of the molecule is COc1cccc(Oc2coc3cc(O)ccc3c2=O)c1. The summed E-state index contributed by atoms with van der Waals surface area (Å²) < 4.78 is 16.0. The second-order valence-corrected chi connectivity index (χ2v) is 4.39. The molecule has 0 aliphatic rings. The standard InChI is InChI=1S/C16H12O5/c1-19-11-3-2-4-12(8-11)21-15-9-20-14-7-10(17)5-6-13(14)16(15)18/h2-9,17H,1H3. The van der Waals surface area contributed by atoms with Crippen molar-refractivity contribution in [3.63, 3.8) is 0 Å². The topological polar surface area (TPSA) is 68.9 Å². The van der Waals surface area contributed by atoms with Gasteiger partial charge in [-0.3, -0.25) is 4.79 Å². The lowest BCUT2D eigenvalue weighted by Crippen LogP contribution is -2.04. The summed E-state index contributed by atoms with van der Waals surface area (Å²) in [6.07, 6.45) is 1.23. The van der Waals surface area contributed by atoms with Crippen LogP contribution in [0.2, 0.25) is 0 Å². The molecule has 21 heavy (non-hydrogen) atoms. The Balaban J connectivity index is 2.03. The second kappa shape index (κ2) is 5.20. The van der Waals surface area contributed by atoms with Gasteiger partial charge in [0, 0.05) is 12.1 Å². The van der Waals surface area contributed by atoms with Gasteiger partial charge in [0.2, 0.25) is 11.2 Å². The van der Waals surface area contributed by atoms with Gasteiger partial charge >= 0.3 is 0 Å². The first-order valence-corrected chi connectivity index (χ1v) is 6.24. The summed E-state index contributed by atoms with van der Waals surface area (Å²) in [5.41, 5.74) is -0.00272. The highest BCUT2D eigenvalue weighted by molar-refractivity contribution is 5.78. The maximum Gasteiger partial charge on any atom is 0.235 e. The first-order valence-electron chi connectivity index (χ1n) is 6.24. The van der Waals surface area contributed by atoms with Gasteiger partial charge in [-0.2, -0.15) is 0 Å². The zero-order valence-electron chi connectivity index (χ0n) is 11.2. The molecule has 3 aromatic rings. The van der Waals surface area contributed by atoms with Gasteiger partial charge in [0.25, 0.3) is 0 Å². The normalized spacial score (nSPS) is 10.5. The monoisotopic (exact) mass is 284 g/mol. The van der Waals surface area contributed by atoms with Crippen LogP contribution in [0.15, 0.2) is 57.9 Å². The second-order valence-electron chi connectivity index (χ2n) is 4.39. The summed E-state index contributed by atoms with van der Waals surface area (Å²) in [6, 6.07) is 11.2. The third-order valence-corrected chi connectivity index (χ3v) is 3.00. The Labute approximate surface area is 120 Å². The van der Waals surface area contributed by atoms with Gasteiger partial charge in [-0.05, 0) is 24.3 Å². The van der Waals surface area contributed by atoms with Crippen molar-refractivity contribution in [1.29, 1.82) is 0 Å². The average molecular weight is 284 g/mol. The first-order chi connectivity index (χ1) is 10.2. The van der Waals surface area contributed by atoms with Crippen molar-refractivity contribution < 1.29 is 19.0 Å². The summed E-state index contributed by atoms with van der Waals surface area (Å²) in [5, 5.41) is 9.72. The molecule has 0 amide bonds. The molecule has 1 N–H and O–H groups in total. The number of methoxy groups -OCH3 is 1. The van der Waals surface area contributed by atoms with Crippen LogP contribution in [-0.2, 0) is 0 Å².